The molecule has 0 unspecified atom stereocenters. The van der Waals surface area contributed by atoms with Gasteiger partial charge in [0.05, 0.1) is 11.3 Å². The molecule has 0 saturated carbocycles. The molecule has 0 aliphatic heterocycles. The van der Waals surface area contributed by atoms with Gasteiger partial charge in [0.1, 0.15) is 11.6 Å². The lowest BCUT2D eigenvalue weighted by Gasteiger charge is -2.04. The topological polar surface area (TPSA) is 145 Å². The quantitative estimate of drug-likeness (QED) is 0.224. The van der Waals surface area contributed by atoms with Crippen molar-refractivity contribution in [2.45, 2.75) is 6.42 Å². The fourth-order valence-electron chi connectivity index (χ4n) is 1.37. The van der Waals surface area contributed by atoms with Crippen LogP contribution in [0.25, 0.3) is 0 Å². The number of nitrogens with zero attached hydrogens (tertiary/aromatic N) is 2. The van der Waals surface area contributed by atoms with Crippen LogP contribution in [0.3, 0.4) is 0 Å². The van der Waals surface area contributed by atoms with Crippen molar-refractivity contribution in [3.63, 3.8) is 0 Å². The van der Waals surface area contributed by atoms with Crippen LogP contribution in [0, 0.1) is 21.4 Å². The van der Waals surface area contributed by atoms with E-state index in [0.717, 1.165) is 6.20 Å². The number of carbonyl (C=O) groups excluding carboxylic acids is 1. The van der Waals surface area contributed by atoms with Gasteiger partial charge >= 0.3 is 5.97 Å². The van der Waals surface area contributed by atoms with E-state index >= 15 is 0 Å². The van der Waals surface area contributed by atoms with Gasteiger partial charge in [-0.2, -0.15) is 5.26 Å². The zero-order valence-electron chi connectivity index (χ0n) is 11.3. The largest absolute Gasteiger partial charge is 0.481 e. The number of nitro benzene ring substituents is 1. The molecule has 0 aliphatic carbocycles. The molecular weight excluding hydrogens is 292 g/mol. The van der Waals surface area contributed by atoms with Gasteiger partial charge in [-0.15, -0.1) is 0 Å². The smallest absolute Gasteiger partial charge is 0.305 e. The van der Waals surface area contributed by atoms with Crippen LogP contribution < -0.4 is 10.6 Å². The second-order valence-corrected chi connectivity index (χ2v) is 4.03. The van der Waals surface area contributed by atoms with Gasteiger partial charge in [0.15, 0.2) is 0 Å². The van der Waals surface area contributed by atoms with E-state index in [-0.39, 0.29) is 24.2 Å². The standard InChI is InChI=1S/C13H12N4O5/c14-7-9(8-15-6-5-12(18)19)13(20)16-10-1-3-11(4-2-10)17(21)22/h1-4,8,15H,5-6H2,(H,16,20)(H,18,19)/b9-8-. The molecule has 114 valence electrons. The first-order chi connectivity index (χ1) is 10.4. The van der Waals surface area contributed by atoms with E-state index in [1.165, 1.54) is 24.3 Å². The number of nitro groups is 1. The zero-order chi connectivity index (χ0) is 16.5. The summed E-state index contributed by atoms with van der Waals surface area (Å²) < 4.78 is 0. The van der Waals surface area contributed by atoms with E-state index in [0.29, 0.717) is 5.69 Å². The summed E-state index contributed by atoms with van der Waals surface area (Å²) >= 11 is 0. The summed E-state index contributed by atoms with van der Waals surface area (Å²) in [5, 5.41) is 32.8. The van der Waals surface area contributed by atoms with Crippen molar-refractivity contribution in [2.24, 2.45) is 0 Å². The molecule has 0 heterocycles. The van der Waals surface area contributed by atoms with Gasteiger partial charge in [0, 0.05) is 30.6 Å². The minimum absolute atomic E-state index is 0.0747. The van der Waals surface area contributed by atoms with Crippen molar-refractivity contribution >= 4 is 23.3 Å². The number of carboxylic acids is 1. The van der Waals surface area contributed by atoms with E-state index < -0.39 is 16.8 Å². The summed E-state index contributed by atoms with van der Waals surface area (Å²) in [7, 11) is 0. The Balaban J connectivity index is 2.65. The molecule has 1 amide bonds. The van der Waals surface area contributed by atoms with E-state index in [1.807, 2.05) is 0 Å². The Bertz CT molecular complexity index is 645. The second kappa shape index (κ2) is 8.01. The van der Waals surface area contributed by atoms with Crippen LogP contribution in [0.2, 0.25) is 0 Å². The Kier molecular flexibility index (Phi) is 6.06. The van der Waals surface area contributed by atoms with Crippen LogP contribution in [0.15, 0.2) is 36.0 Å². The van der Waals surface area contributed by atoms with Crippen molar-refractivity contribution in [1.29, 1.82) is 5.26 Å². The number of anilines is 1. The van der Waals surface area contributed by atoms with Crippen LogP contribution >= 0.6 is 0 Å². The highest BCUT2D eigenvalue weighted by Gasteiger charge is 2.10. The maximum Gasteiger partial charge on any atom is 0.305 e. The highest BCUT2D eigenvalue weighted by atomic mass is 16.6. The number of carbonyl (C=O) groups is 2. The fraction of sp³-hybridized carbons (Fsp3) is 0.154. The SMILES string of the molecule is N#C/C(=C/NCCC(=O)O)C(=O)Nc1ccc([N+](=O)[O-])cc1. The van der Waals surface area contributed by atoms with Crippen molar-refractivity contribution in [2.75, 3.05) is 11.9 Å². The summed E-state index contributed by atoms with van der Waals surface area (Å²) in [6, 6.07) is 6.78. The fourth-order valence-corrected chi connectivity index (χ4v) is 1.37. The normalized spacial score (nSPS) is 10.4. The van der Waals surface area contributed by atoms with Gasteiger partial charge in [0.2, 0.25) is 0 Å². The van der Waals surface area contributed by atoms with Crippen molar-refractivity contribution in [1.82, 2.24) is 5.32 Å². The Morgan fingerprint density at radius 2 is 2.00 bits per heavy atom. The minimum atomic E-state index is -1.00. The monoisotopic (exact) mass is 304 g/mol. The Morgan fingerprint density at radius 3 is 2.50 bits per heavy atom. The molecule has 0 atom stereocenters. The highest BCUT2D eigenvalue weighted by molar-refractivity contribution is 6.06. The molecule has 0 bridgehead atoms. The summed E-state index contributed by atoms with van der Waals surface area (Å²) in [6.45, 7) is 0.0747. The number of hydrogen-bond donors (Lipinski definition) is 3. The van der Waals surface area contributed by atoms with E-state index in [2.05, 4.69) is 10.6 Å². The first kappa shape index (κ1) is 16.6. The van der Waals surface area contributed by atoms with Gasteiger partial charge in [-0.25, -0.2) is 0 Å². The third kappa shape index (κ3) is 5.30. The number of nitrogens with one attached hydrogen (secondary N) is 2. The molecule has 9 heteroatoms. The van der Waals surface area contributed by atoms with E-state index in [9.17, 15) is 19.7 Å². The number of aliphatic carboxylic acids is 1. The number of amides is 1. The highest BCUT2D eigenvalue weighted by Crippen LogP contribution is 2.15. The average molecular weight is 304 g/mol. The molecule has 1 aromatic carbocycles. The predicted molar refractivity (Wildman–Crippen MR) is 75.7 cm³/mol. The number of non-ortho nitro benzene ring substituents is 1. The summed E-state index contributed by atoms with van der Waals surface area (Å²) in [6.07, 6.45) is 0.961. The lowest BCUT2D eigenvalue weighted by molar-refractivity contribution is -0.384. The molecule has 0 saturated heterocycles. The van der Waals surface area contributed by atoms with Crippen LogP contribution in [-0.4, -0.2) is 28.5 Å². The predicted octanol–water partition coefficient (Wildman–Crippen LogP) is 1.01. The summed E-state index contributed by atoms with van der Waals surface area (Å²) in [4.78, 5) is 32.0. The lowest BCUT2D eigenvalue weighted by atomic mass is 10.2. The Morgan fingerprint density at radius 1 is 1.36 bits per heavy atom. The minimum Gasteiger partial charge on any atom is -0.481 e. The molecule has 0 aliphatic rings. The number of rotatable bonds is 7. The maximum atomic E-state index is 11.8. The molecule has 3 N–H and O–H groups in total. The number of nitriles is 1. The van der Waals surface area contributed by atoms with Crippen molar-refractivity contribution in [3.05, 3.63) is 46.2 Å². The molecule has 0 radical (unpaired) electrons. The Labute approximate surface area is 125 Å². The molecule has 9 nitrogen and oxygen atoms in total. The van der Waals surface area contributed by atoms with Gasteiger partial charge in [-0.05, 0) is 12.1 Å². The molecule has 0 aromatic heterocycles. The average Bonchev–Trinajstić information content (AvgIpc) is 2.47. The molecule has 1 rings (SSSR count). The lowest BCUT2D eigenvalue weighted by Crippen LogP contribution is -2.18. The number of benzene rings is 1. The van der Waals surface area contributed by atoms with Crippen molar-refractivity contribution in [3.8, 4) is 6.07 Å². The molecule has 0 fully saturated rings. The third-order valence-electron chi connectivity index (χ3n) is 2.43. The van der Waals surface area contributed by atoms with Crippen LogP contribution in [0.4, 0.5) is 11.4 Å². The Hall–Kier alpha value is -3.41. The number of hydrogen-bond acceptors (Lipinski definition) is 6. The van der Waals surface area contributed by atoms with Crippen LogP contribution in [0.1, 0.15) is 6.42 Å². The summed E-state index contributed by atoms with van der Waals surface area (Å²) in [5.74, 6) is -1.71. The third-order valence-corrected chi connectivity index (χ3v) is 2.43. The molecule has 22 heavy (non-hydrogen) atoms. The summed E-state index contributed by atoms with van der Waals surface area (Å²) in [5.41, 5.74) is -0.0737. The van der Waals surface area contributed by atoms with E-state index in [4.69, 9.17) is 10.4 Å². The second-order valence-electron chi connectivity index (χ2n) is 4.03. The van der Waals surface area contributed by atoms with Crippen molar-refractivity contribution < 1.29 is 19.6 Å². The maximum absolute atomic E-state index is 11.8. The van der Waals surface area contributed by atoms with E-state index in [1.54, 1.807) is 6.07 Å². The first-order valence-electron chi connectivity index (χ1n) is 6.05. The van der Waals surface area contributed by atoms with Crippen LogP contribution in [0.5, 0.6) is 0 Å². The van der Waals surface area contributed by atoms with Gasteiger partial charge in [-0.1, -0.05) is 0 Å². The van der Waals surface area contributed by atoms with Crippen LogP contribution in [-0.2, 0) is 9.59 Å². The first-order valence-corrected chi connectivity index (χ1v) is 6.05. The molecule has 0 spiro atoms. The molecule has 1 aromatic rings. The van der Waals surface area contributed by atoms with Gasteiger partial charge < -0.3 is 15.7 Å². The van der Waals surface area contributed by atoms with Gasteiger partial charge in [-0.3, -0.25) is 19.7 Å². The zero-order valence-corrected chi connectivity index (χ0v) is 11.3. The number of carboxylic acid groups (broad SMARTS) is 1. The van der Waals surface area contributed by atoms with Gasteiger partial charge in [0.25, 0.3) is 11.6 Å². The molecular formula is C13H12N4O5.